The SMILES string of the molecule is N=CC1=C(N)CCCC1.NNC(=O)C1CCCCC1. The lowest BCUT2D eigenvalue weighted by Gasteiger charge is -2.19. The summed E-state index contributed by atoms with van der Waals surface area (Å²) in [4.78, 5) is 10.9. The van der Waals surface area contributed by atoms with Gasteiger partial charge in [0.05, 0.1) is 0 Å². The lowest BCUT2D eigenvalue weighted by atomic mass is 9.89. The largest absolute Gasteiger partial charge is 0.402 e. The van der Waals surface area contributed by atoms with E-state index in [1.807, 2.05) is 0 Å². The lowest BCUT2D eigenvalue weighted by molar-refractivity contribution is -0.125. The fraction of sp³-hybridized carbons (Fsp3) is 0.714. The van der Waals surface area contributed by atoms with Gasteiger partial charge in [-0.1, -0.05) is 19.3 Å². The highest BCUT2D eigenvalue weighted by molar-refractivity contribution is 5.78. The maximum Gasteiger partial charge on any atom is 0.236 e. The highest BCUT2D eigenvalue weighted by atomic mass is 16.2. The molecule has 0 aromatic carbocycles. The van der Waals surface area contributed by atoms with Crippen molar-refractivity contribution in [2.45, 2.75) is 57.8 Å². The van der Waals surface area contributed by atoms with E-state index >= 15 is 0 Å². The first-order chi connectivity index (χ1) is 9.19. The Morgan fingerprint density at radius 3 is 2.26 bits per heavy atom. The third-order valence-electron chi connectivity index (χ3n) is 3.85. The van der Waals surface area contributed by atoms with Gasteiger partial charge in [0.1, 0.15) is 0 Å². The second-order valence-corrected chi connectivity index (χ2v) is 5.25. The number of amides is 1. The molecule has 2 aliphatic carbocycles. The number of hydrazine groups is 1. The van der Waals surface area contributed by atoms with E-state index in [2.05, 4.69) is 5.43 Å². The first kappa shape index (κ1) is 15.7. The molecule has 0 aliphatic heterocycles. The molecule has 2 aliphatic rings. The fourth-order valence-corrected chi connectivity index (χ4v) is 2.60. The van der Waals surface area contributed by atoms with E-state index in [-0.39, 0.29) is 11.8 Å². The molecule has 6 N–H and O–H groups in total. The molecule has 2 rings (SSSR count). The Bertz CT molecular complexity index is 332. The Labute approximate surface area is 115 Å². The minimum atomic E-state index is 0.0136. The standard InChI is InChI=1S/C7H14N2O.C7H12N2/c8-9-7(10)6-4-2-1-3-5-6;8-5-6-3-1-2-4-7(6)9/h6H,1-5,8H2,(H,9,10);5,8H,1-4,9H2. The lowest BCUT2D eigenvalue weighted by Crippen LogP contribution is -2.36. The first-order valence-electron chi connectivity index (χ1n) is 7.17. The molecule has 0 unspecified atom stereocenters. The van der Waals surface area contributed by atoms with Gasteiger partial charge >= 0.3 is 0 Å². The van der Waals surface area contributed by atoms with Crippen LogP contribution in [0.15, 0.2) is 11.3 Å². The number of nitrogens with one attached hydrogen (secondary N) is 2. The smallest absolute Gasteiger partial charge is 0.236 e. The van der Waals surface area contributed by atoms with Gasteiger partial charge in [0.2, 0.25) is 5.91 Å². The van der Waals surface area contributed by atoms with Crippen molar-refractivity contribution in [3.63, 3.8) is 0 Å². The van der Waals surface area contributed by atoms with Crippen LogP contribution in [0.25, 0.3) is 0 Å². The summed E-state index contributed by atoms with van der Waals surface area (Å²) in [7, 11) is 0. The highest BCUT2D eigenvalue weighted by Crippen LogP contribution is 2.23. The minimum Gasteiger partial charge on any atom is -0.402 e. The molecule has 0 atom stereocenters. The number of allylic oxidation sites excluding steroid dienone is 2. The van der Waals surface area contributed by atoms with Gasteiger partial charge in [-0.05, 0) is 44.1 Å². The summed E-state index contributed by atoms with van der Waals surface area (Å²) in [5.74, 6) is 5.21. The number of carbonyl (C=O) groups is 1. The number of nitrogens with two attached hydrogens (primary N) is 2. The summed E-state index contributed by atoms with van der Waals surface area (Å²) in [5, 5.41) is 6.96. The summed E-state index contributed by atoms with van der Waals surface area (Å²) < 4.78 is 0. The summed E-state index contributed by atoms with van der Waals surface area (Å²) >= 11 is 0. The van der Waals surface area contributed by atoms with E-state index in [9.17, 15) is 4.79 Å². The minimum absolute atomic E-state index is 0.0136. The molecular weight excluding hydrogens is 240 g/mol. The van der Waals surface area contributed by atoms with Crippen LogP contribution in [-0.4, -0.2) is 12.1 Å². The third kappa shape index (κ3) is 5.42. The molecular formula is C14H26N4O. The van der Waals surface area contributed by atoms with Crippen molar-refractivity contribution < 1.29 is 4.79 Å². The van der Waals surface area contributed by atoms with Gasteiger partial charge in [0, 0.05) is 17.8 Å². The Morgan fingerprint density at radius 1 is 1.16 bits per heavy atom. The number of rotatable bonds is 2. The van der Waals surface area contributed by atoms with E-state index in [4.69, 9.17) is 17.0 Å². The zero-order valence-electron chi connectivity index (χ0n) is 11.6. The second kappa shape index (κ2) is 8.69. The van der Waals surface area contributed by atoms with Crippen LogP contribution in [0, 0.1) is 11.3 Å². The maximum absolute atomic E-state index is 10.9. The molecule has 19 heavy (non-hydrogen) atoms. The first-order valence-corrected chi connectivity index (χ1v) is 7.17. The Hall–Kier alpha value is -1.36. The van der Waals surface area contributed by atoms with E-state index in [0.717, 1.165) is 37.0 Å². The summed E-state index contributed by atoms with van der Waals surface area (Å²) in [6.07, 6.45) is 11.4. The van der Waals surface area contributed by atoms with Crippen molar-refractivity contribution in [1.82, 2.24) is 5.43 Å². The van der Waals surface area contributed by atoms with Crippen molar-refractivity contribution in [1.29, 1.82) is 5.41 Å². The zero-order valence-corrected chi connectivity index (χ0v) is 11.6. The molecule has 5 heteroatoms. The fourth-order valence-electron chi connectivity index (χ4n) is 2.60. The van der Waals surface area contributed by atoms with Gasteiger partial charge in [0.15, 0.2) is 0 Å². The van der Waals surface area contributed by atoms with Gasteiger partial charge in [-0.25, -0.2) is 5.84 Å². The topological polar surface area (TPSA) is 105 Å². The Kier molecular flexibility index (Phi) is 7.18. The van der Waals surface area contributed by atoms with E-state index < -0.39 is 0 Å². The van der Waals surface area contributed by atoms with Crippen LogP contribution < -0.4 is 17.0 Å². The Morgan fingerprint density at radius 2 is 1.79 bits per heavy atom. The van der Waals surface area contributed by atoms with Crippen molar-refractivity contribution >= 4 is 12.1 Å². The molecule has 0 saturated heterocycles. The molecule has 0 bridgehead atoms. The van der Waals surface area contributed by atoms with Gasteiger partial charge in [0.25, 0.3) is 0 Å². The maximum atomic E-state index is 10.9. The average molecular weight is 266 g/mol. The van der Waals surface area contributed by atoms with Crippen LogP contribution in [0.4, 0.5) is 0 Å². The van der Waals surface area contributed by atoms with Gasteiger partial charge in [-0.15, -0.1) is 0 Å². The number of carbonyl (C=O) groups excluding carboxylic acids is 1. The van der Waals surface area contributed by atoms with E-state index in [0.29, 0.717) is 0 Å². The molecule has 0 heterocycles. The summed E-state index contributed by atoms with van der Waals surface area (Å²) in [6.45, 7) is 0. The van der Waals surface area contributed by atoms with Crippen LogP contribution in [0.3, 0.4) is 0 Å². The predicted molar refractivity (Wildman–Crippen MR) is 77.4 cm³/mol. The van der Waals surface area contributed by atoms with Gasteiger partial charge < -0.3 is 11.1 Å². The molecule has 1 fully saturated rings. The van der Waals surface area contributed by atoms with E-state index in [1.165, 1.54) is 38.3 Å². The van der Waals surface area contributed by atoms with Crippen LogP contribution in [0.1, 0.15) is 57.8 Å². The zero-order chi connectivity index (χ0) is 14.1. The molecule has 5 nitrogen and oxygen atoms in total. The summed E-state index contributed by atoms with van der Waals surface area (Å²) in [5.41, 5.74) is 9.78. The average Bonchev–Trinajstić information content (AvgIpc) is 2.48. The number of hydrogen-bond donors (Lipinski definition) is 4. The molecule has 0 radical (unpaired) electrons. The molecule has 108 valence electrons. The molecule has 1 amide bonds. The molecule has 0 aromatic rings. The monoisotopic (exact) mass is 266 g/mol. The second-order valence-electron chi connectivity index (χ2n) is 5.25. The van der Waals surface area contributed by atoms with Crippen LogP contribution in [-0.2, 0) is 4.79 Å². The quantitative estimate of drug-likeness (QED) is 0.266. The van der Waals surface area contributed by atoms with Crippen LogP contribution in [0.2, 0.25) is 0 Å². The van der Waals surface area contributed by atoms with Gasteiger partial charge in [-0.3, -0.25) is 10.2 Å². The highest BCUT2D eigenvalue weighted by Gasteiger charge is 2.19. The van der Waals surface area contributed by atoms with E-state index in [1.54, 1.807) is 0 Å². The molecule has 1 saturated carbocycles. The molecule has 0 aromatic heterocycles. The van der Waals surface area contributed by atoms with Crippen LogP contribution in [0.5, 0.6) is 0 Å². The number of hydrogen-bond acceptors (Lipinski definition) is 4. The normalized spacial score (nSPS) is 20.3. The predicted octanol–water partition coefficient (Wildman–Crippen LogP) is 1.98. The van der Waals surface area contributed by atoms with Gasteiger partial charge in [-0.2, -0.15) is 0 Å². The van der Waals surface area contributed by atoms with Crippen molar-refractivity contribution in [3.05, 3.63) is 11.3 Å². The molecule has 0 spiro atoms. The van der Waals surface area contributed by atoms with Crippen molar-refractivity contribution in [2.24, 2.45) is 17.5 Å². The Balaban J connectivity index is 0.000000191. The van der Waals surface area contributed by atoms with Crippen molar-refractivity contribution in [2.75, 3.05) is 0 Å². The summed E-state index contributed by atoms with van der Waals surface area (Å²) in [6, 6.07) is 0. The van der Waals surface area contributed by atoms with Crippen molar-refractivity contribution in [3.8, 4) is 0 Å². The third-order valence-corrected chi connectivity index (χ3v) is 3.85. The van der Waals surface area contributed by atoms with Crippen LogP contribution >= 0.6 is 0 Å².